The van der Waals surface area contributed by atoms with Crippen LogP contribution < -0.4 is 10.6 Å². The molecule has 2 amide bonds. The second-order valence-electron chi connectivity index (χ2n) is 8.43. The van der Waals surface area contributed by atoms with Crippen LogP contribution in [-0.2, 0) is 4.79 Å². The van der Waals surface area contributed by atoms with Crippen molar-refractivity contribution in [3.05, 3.63) is 47.9 Å². The summed E-state index contributed by atoms with van der Waals surface area (Å²) in [6.45, 7) is 2.20. The number of fused-ring (bicyclic) bond motifs is 1. The monoisotopic (exact) mass is 420 g/mol. The Morgan fingerprint density at radius 3 is 2.61 bits per heavy atom. The number of anilines is 2. The van der Waals surface area contributed by atoms with Crippen molar-refractivity contribution in [1.82, 2.24) is 19.4 Å². The van der Waals surface area contributed by atoms with Crippen LogP contribution >= 0.6 is 0 Å². The minimum atomic E-state index is -0.242. The number of pyridine rings is 1. The minimum absolute atomic E-state index is 0.0821. The number of benzene rings is 1. The summed E-state index contributed by atoms with van der Waals surface area (Å²) >= 11 is 0. The van der Waals surface area contributed by atoms with Crippen molar-refractivity contribution < 1.29 is 9.59 Å². The lowest BCUT2D eigenvalue weighted by Crippen LogP contribution is -2.27. The second kappa shape index (κ2) is 8.85. The van der Waals surface area contributed by atoms with Gasteiger partial charge in [-0.1, -0.05) is 12.8 Å². The van der Waals surface area contributed by atoms with Crippen LogP contribution in [0.4, 0.5) is 11.4 Å². The number of nitrogens with one attached hydrogen (secondary N) is 2. The molecule has 1 fully saturated rings. The van der Waals surface area contributed by atoms with Crippen molar-refractivity contribution in [2.24, 2.45) is 0 Å². The number of aryl methyl sites for hydroxylation is 1. The molecule has 0 aliphatic heterocycles. The van der Waals surface area contributed by atoms with Gasteiger partial charge in [0, 0.05) is 23.6 Å². The lowest BCUT2D eigenvalue weighted by molar-refractivity contribution is -0.116. The summed E-state index contributed by atoms with van der Waals surface area (Å²) in [6, 6.07) is 7.65. The number of imidazole rings is 1. The summed E-state index contributed by atoms with van der Waals surface area (Å²) < 4.78 is 2.14. The number of amides is 2. The molecule has 1 saturated carbocycles. The topological polar surface area (TPSA) is 92.1 Å². The van der Waals surface area contributed by atoms with Crippen LogP contribution in [0, 0.1) is 6.92 Å². The SMILES string of the molecule is Cc1cc(NC(=O)c2cnc3c(c2)ncn3C2CCCC2)ccc1NC(=O)CN(C)C. The van der Waals surface area contributed by atoms with Crippen molar-refractivity contribution in [3.8, 4) is 0 Å². The van der Waals surface area contributed by atoms with Gasteiger partial charge in [-0.2, -0.15) is 0 Å². The third-order valence-electron chi connectivity index (χ3n) is 5.61. The van der Waals surface area contributed by atoms with Gasteiger partial charge in [0.2, 0.25) is 5.91 Å². The largest absolute Gasteiger partial charge is 0.325 e. The maximum atomic E-state index is 12.8. The summed E-state index contributed by atoms with van der Waals surface area (Å²) in [5.41, 5.74) is 4.28. The van der Waals surface area contributed by atoms with Crippen LogP contribution in [-0.4, -0.2) is 51.9 Å². The van der Waals surface area contributed by atoms with Gasteiger partial charge in [0.15, 0.2) is 5.65 Å². The molecule has 2 N–H and O–H groups in total. The number of carbonyl (C=O) groups is 2. The number of rotatable bonds is 6. The molecule has 8 nitrogen and oxygen atoms in total. The highest BCUT2D eigenvalue weighted by Gasteiger charge is 2.20. The average molecular weight is 421 g/mol. The number of nitrogens with zero attached hydrogens (tertiary/aromatic N) is 4. The van der Waals surface area contributed by atoms with E-state index in [1.165, 1.54) is 12.8 Å². The van der Waals surface area contributed by atoms with Gasteiger partial charge >= 0.3 is 0 Å². The summed E-state index contributed by atoms with van der Waals surface area (Å²) in [5.74, 6) is -0.324. The zero-order valence-corrected chi connectivity index (χ0v) is 18.2. The molecule has 0 spiro atoms. The van der Waals surface area contributed by atoms with E-state index in [1.54, 1.807) is 29.3 Å². The summed E-state index contributed by atoms with van der Waals surface area (Å²) in [7, 11) is 3.69. The van der Waals surface area contributed by atoms with Gasteiger partial charge in [-0.15, -0.1) is 0 Å². The fourth-order valence-electron chi connectivity index (χ4n) is 4.05. The zero-order chi connectivity index (χ0) is 22.0. The van der Waals surface area contributed by atoms with Crippen LogP contribution in [0.5, 0.6) is 0 Å². The first-order valence-corrected chi connectivity index (χ1v) is 10.6. The molecular formula is C23H28N6O2. The molecule has 3 aromatic rings. The molecule has 0 saturated heterocycles. The zero-order valence-electron chi connectivity index (χ0n) is 18.2. The highest BCUT2D eigenvalue weighted by atomic mass is 16.2. The molecule has 2 heterocycles. The first-order valence-electron chi connectivity index (χ1n) is 10.6. The Hall–Kier alpha value is -3.26. The molecule has 0 atom stereocenters. The van der Waals surface area contributed by atoms with Crippen LogP contribution in [0.2, 0.25) is 0 Å². The van der Waals surface area contributed by atoms with E-state index in [0.29, 0.717) is 23.8 Å². The van der Waals surface area contributed by atoms with E-state index in [1.807, 2.05) is 33.4 Å². The number of hydrogen-bond donors (Lipinski definition) is 2. The van der Waals surface area contributed by atoms with E-state index < -0.39 is 0 Å². The Balaban J connectivity index is 1.46. The van der Waals surface area contributed by atoms with Gasteiger partial charge in [-0.25, -0.2) is 9.97 Å². The van der Waals surface area contributed by atoms with E-state index >= 15 is 0 Å². The number of aromatic nitrogens is 3. The fraction of sp³-hybridized carbons (Fsp3) is 0.391. The van der Waals surface area contributed by atoms with Crippen LogP contribution in [0.15, 0.2) is 36.8 Å². The smallest absolute Gasteiger partial charge is 0.257 e. The minimum Gasteiger partial charge on any atom is -0.325 e. The first-order chi connectivity index (χ1) is 14.9. The second-order valence-corrected chi connectivity index (χ2v) is 8.43. The van der Waals surface area contributed by atoms with Gasteiger partial charge in [0.1, 0.15) is 5.52 Å². The molecular weight excluding hydrogens is 392 g/mol. The first kappa shape index (κ1) is 21.0. The maximum Gasteiger partial charge on any atom is 0.257 e. The van der Waals surface area contributed by atoms with Crippen LogP contribution in [0.3, 0.4) is 0 Å². The quantitative estimate of drug-likeness (QED) is 0.636. The lowest BCUT2D eigenvalue weighted by atomic mass is 10.1. The van der Waals surface area contributed by atoms with Crippen molar-refractivity contribution in [2.75, 3.05) is 31.3 Å². The third kappa shape index (κ3) is 4.74. The predicted octanol–water partition coefficient (Wildman–Crippen LogP) is 3.61. The molecule has 2 aromatic heterocycles. The Kier molecular flexibility index (Phi) is 5.99. The van der Waals surface area contributed by atoms with Gasteiger partial charge < -0.3 is 20.1 Å². The van der Waals surface area contributed by atoms with Gasteiger partial charge in [0.25, 0.3) is 5.91 Å². The van der Waals surface area contributed by atoms with E-state index in [0.717, 1.165) is 35.3 Å². The maximum absolute atomic E-state index is 12.8. The van der Waals surface area contributed by atoms with E-state index in [2.05, 4.69) is 25.2 Å². The van der Waals surface area contributed by atoms with Crippen molar-refractivity contribution in [1.29, 1.82) is 0 Å². The molecule has 1 aliphatic carbocycles. The number of carbonyl (C=O) groups excluding carboxylic acids is 2. The van der Waals surface area contributed by atoms with E-state index in [-0.39, 0.29) is 11.8 Å². The Labute approximate surface area is 181 Å². The third-order valence-corrected chi connectivity index (χ3v) is 5.61. The van der Waals surface area contributed by atoms with Crippen molar-refractivity contribution >= 4 is 34.4 Å². The molecule has 162 valence electrons. The summed E-state index contributed by atoms with van der Waals surface area (Å²) in [6.07, 6.45) is 8.22. The number of likely N-dealkylation sites (N-methyl/N-ethyl adjacent to an activating group) is 1. The molecule has 0 unspecified atom stereocenters. The highest BCUT2D eigenvalue weighted by molar-refractivity contribution is 6.05. The van der Waals surface area contributed by atoms with E-state index in [4.69, 9.17) is 0 Å². The Morgan fingerprint density at radius 1 is 1.13 bits per heavy atom. The fourth-order valence-corrected chi connectivity index (χ4v) is 4.05. The molecule has 0 bridgehead atoms. The molecule has 31 heavy (non-hydrogen) atoms. The van der Waals surface area contributed by atoms with Crippen molar-refractivity contribution in [3.63, 3.8) is 0 Å². The molecule has 1 aliphatic rings. The van der Waals surface area contributed by atoms with Crippen molar-refractivity contribution in [2.45, 2.75) is 38.6 Å². The Bertz CT molecular complexity index is 1110. The highest BCUT2D eigenvalue weighted by Crippen LogP contribution is 2.31. The predicted molar refractivity (Wildman–Crippen MR) is 121 cm³/mol. The van der Waals surface area contributed by atoms with Crippen LogP contribution in [0.1, 0.15) is 47.6 Å². The van der Waals surface area contributed by atoms with Gasteiger partial charge in [0.05, 0.1) is 18.4 Å². The van der Waals surface area contributed by atoms with Gasteiger partial charge in [-0.3, -0.25) is 9.59 Å². The van der Waals surface area contributed by atoms with E-state index in [9.17, 15) is 9.59 Å². The molecule has 8 heteroatoms. The number of hydrogen-bond acceptors (Lipinski definition) is 5. The lowest BCUT2D eigenvalue weighted by Gasteiger charge is -2.13. The van der Waals surface area contributed by atoms with Gasteiger partial charge in [-0.05, 0) is 63.7 Å². The molecule has 0 radical (unpaired) electrons. The summed E-state index contributed by atoms with van der Waals surface area (Å²) in [4.78, 5) is 35.5. The normalized spacial score (nSPS) is 14.3. The Morgan fingerprint density at radius 2 is 1.90 bits per heavy atom. The van der Waals surface area contributed by atoms with Crippen LogP contribution in [0.25, 0.3) is 11.2 Å². The average Bonchev–Trinajstić information content (AvgIpc) is 3.38. The standard InChI is InChI=1S/C23H28N6O2/c1-15-10-17(8-9-19(15)27-21(30)13-28(2)3)26-23(31)16-11-20-22(24-12-16)29(14-25-20)18-6-4-5-7-18/h8-12,14,18H,4-7,13H2,1-3H3,(H,26,31)(H,27,30). The summed E-state index contributed by atoms with van der Waals surface area (Å²) in [5, 5.41) is 5.79. The molecule has 4 rings (SSSR count). The molecule has 1 aromatic carbocycles.